The van der Waals surface area contributed by atoms with E-state index in [-0.39, 0.29) is 0 Å². The van der Waals surface area contributed by atoms with Crippen molar-refractivity contribution in [3.05, 3.63) is 53.2 Å². The van der Waals surface area contributed by atoms with Gasteiger partial charge >= 0.3 is 0 Å². The first-order valence-electron chi connectivity index (χ1n) is 8.60. The molecule has 2 N–H and O–H groups in total. The summed E-state index contributed by atoms with van der Waals surface area (Å²) in [6.07, 6.45) is 1.77. The highest BCUT2D eigenvalue weighted by molar-refractivity contribution is 7.98. The van der Waals surface area contributed by atoms with Crippen LogP contribution in [0.5, 0.6) is 0 Å². The molecule has 4 aromatic rings. The van der Waals surface area contributed by atoms with Crippen LogP contribution in [0.25, 0.3) is 20.9 Å². The Balaban J connectivity index is 1.69. The smallest absolute Gasteiger partial charge is 0.191 e. The molecule has 0 saturated carbocycles. The summed E-state index contributed by atoms with van der Waals surface area (Å²) >= 11 is 9.40. The van der Waals surface area contributed by atoms with Gasteiger partial charge in [0.15, 0.2) is 11.0 Å². The molecule has 3 heterocycles. The van der Waals surface area contributed by atoms with Crippen LogP contribution >= 0.6 is 34.7 Å². The van der Waals surface area contributed by atoms with Gasteiger partial charge in [-0.1, -0.05) is 41.6 Å². The largest absolute Gasteiger partial charge is 0.397 e. The molecule has 6 nitrogen and oxygen atoms in total. The van der Waals surface area contributed by atoms with Crippen LogP contribution in [0.2, 0.25) is 5.02 Å². The highest BCUT2D eigenvalue weighted by atomic mass is 35.5. The van der Waals surface area contributed by atoms with Crippen LogP contribution in [0.15, 0.2) is 47.8 Å². The number of methoxy groups -OCH3 is 1. The maximum Gasteiger partial charge on any atom is 0.191 e. The van der Waals surface area contributed by atoms with Gasteiger partial charge in [0.05, 0.1) is 23.7 Å². The van der Waals surface area contributed by atoms with Gasteiger partial charge in [-0.25, -0.2) is 4.98 Å². The van der Waals surface area contributed by atoms with Crippen LogP contribution in [0, 0.1) is 0 Å². The summed E-state index contributed by atoms with van der Waals surface area (Å²) in [6.45, 7) is 1.18. The van der Waals surface area contributed by atoms with Crippen molar-refractivity contribution in [1.29, 1.82) is 0 Å². The number of pyridine rings is 1. The summed E-state index contributed by atoms with van der Waals surface area (Å²) in [5.74, 6) is 1.44. The number of benzene rings is 1. The molecule has 0 atom stereocenters. The molecule has 9 heteroatoms. The Labute approximate surface area is 175 Å². The van der Waals surface area contributed by atoms with Crippen LogP contribution < -0.4 is 5.73 Å². The molecular weight excluding hydrogens is 414 g/mol. The second-order valence-corrected chi connectivity index (χ2v) is 8.38. The topological polar surface area (TPSA) is 78.8 Å². The van der Waals surface area contributed by atoms with E-state index in [1.807, 2.05) is 41.0 Å². The predicted molar refractivity (Wildman–Crippen MR) is 116 cm³/mol. The zero-order valence-corrected chi connectivity index (χ0v) is 17.5. The van der Waals surface area contributed by atoms with Crippen molar-refractivity contribution in [3.63, 3.8) is 0 Å². The van der Waals surface area contributed by atoms with E-state index in [1.165, 1.54) is 11.3 Å². The first kappa shape index (κ1) is 19.2. The van der Waals surface area contributed by atoms with Crippen molar-refractivity contribution >= 4 is 50.6 Å². The molecule has 0 unspecified atom stereocenters. The lowest BCUT2D eigenvalue weighted by molar-refractivity contribution is 0.185. The molecule has 3 aromatic heterocycles. The third kappa shape index (κ3) is 3.73. The molecule has 0 aliphatic heterocycles. The number of hydrogen-bond acceptors (Lipinski definition) is 7. The van der Waals surface area contributed by atoms with E-state index in [0.717, 1.165) is 36.7 Å². The Kier molecular flexibility index (Phi) is 5.82. The highest BCUT2D eigenvalue weighted by Gasteiger charge is 2.20. The van der Waals surface area contributed by atoms with Gasteiger partial charge < -0.3 is 10.5 Å². The van der Waals surface area contributed by atoms with E-state index in [9.17, 15) is 0 Å². The van der Waals surface area contributed by atoms with Gasteiger partial charge in [0, 0.05) is 29.5 Å². The third-order valence-corrected chi connectivity index (χ3v) is 6.77. The number of rotatable bonds is 7. The number of thioether (sulfide) groups is 1. The summed E-state index contributed by atoms with van der Waals surface area (Å²) in [6, 6.07) is 11.7. The molecule has 0 aliphatic rings. The van der Waals surface area contributed by atoms with Crippen molar-refractivity contribution in [1.82, 2.24) is 19.7 Å². The van der Waals surface area contributed by atoms with Gasteiger partial charge in [0.2, 0.25) is 0 Å². The molecule has 144 valence electrons. The quantitative estimate of drug-likeness (QED) is 0.426. The van der Waals surface area contributed by atoms with Gasteiger partial charge in [0.1, 0.15) is 4.83 Å². The Morgan fingerprint density at radius 1 is 1.21 bits per heavy atom. The maximum absolute atomic E-state index is 6.40. The van der Waals surface area contributed by atoms with E-state index in [4.69, 9.17) is 22.1 Å². The minimum absolute atomic E-state index is 0.549. The Morgan fingerprint density at radius 2 is 2.07 bits per heavy atom. The second kappa shape index (κ2) is 8.48. The summed E-state index contributed by atoms with van der Waals surface area (Å²) in [4.78, 5) is 6.18. The van der Waals surface area contributed by atoms with E-state index >= 15 is 0 Å². The Morgan fingerprint density at radius 3 is 2.86 bits per heavy atom. The zero-order chi connectivity index (χ0) is 19.5. The molecule has 0 spiro atoms. The summed E-state index contributed by atoms with van der Waals surface area (Å²) in [7, 11) is 1.68. The molecule has 1 aromatic carbocycles. The molecule has 28 heavy (non-hydrogen) atoms. The molecule has 0 bridgehead atoms. The lowest BCUT2D eigenvalue weighted by atomic mass is 10.2. The minimum atomic E-state index is 0.549. The molecule has 0 aliphatic carbocycles. The number of thiophene rings is 1. The summed E-state index contributed by atoms with van der Waals surface area (Å²) in [5.41, 5.74) is 8.14. The van der Waals surface area contributed by atoms with Crippen molar-refractivity contribution in [3.8, 4) is 10.7 Å². The number of nitrogen functional groups attached to an aromatic ring is 1. The Hall–Kier alpha value is -2.13. The summed E-state index contributed by atoms with van der Waals surface area (Å²) in [5, 5.41) is 11.3. The van der Waals surface area contributed by atoms with Gasteiger partial charge in [-0.15, -0.1) is 21.5 Å². The lowest BCUT2D eigenvalue weighted by Gasteiger charge is -2.09. The van der Waals surface area contributed by atoms with Gasteiger partial charge in [-0.2, -0.15) is 0 Å². The van der Waals surface area contributed by atoms with Gasteiger partial charge in [-0.05, 0) is 23.8 Å². The van der Waals surface area contributed by atoms with Crippen LogP contribution in [-0.4, -0.2) is 33.5 Å². The number of halogens is 1. The molecule has 4 rings (SSSR count). The fourth-order valence-electron chi connectivity index (χ4n) is 2.82. The lowest BCUT2D eigenvalue weighted by Crippen LogP contribution is -2.07. The predicted octanol–water partition coefficient (Wildman–Crippen LogP) is 4.73. The molecule has 0 fully saturated rings. The number of ether oxygens (including phenoxy) is 1. The average Bonchev–Trinajstić information content (AvgIpc) is 3.26. The van der Waals surface area contributed by atoms with Gasteiger partial charge in [-0.3, -0.25) is 4.57 Å². The number of fused-ring (bicyclic) bond motifs is 1. The first-order valence-corrected chi connectivity index (χ1v) is 10.8. The molecule has 0 saturated heterocycles. The zero-order valence-electron chi connectivity index (χ0n) is 15.1. The monoisotopic (exact) mass is 431 g/mol. The number of nitrogens with zero attached hydrogens (tertiary/aromatic N) is 4. The van der Waals surface area contributed by atoms with Crippen molar-refractivity contribution in [2.45, 2.75) is 17.5 Å². The van der Waals surface area contributed by atoms with E-state index < -0.39 is 0 Å². The van der Waals surface area contributed by atoms with Crippen LogP contribution in [0.3, 0.4) is 0 Å². The maximum atomic E-state index is 6.40. The third-order valence-electron chi connectivity index (χ3n) is 4.26. The van der Waals surface area contributed by atoms with Crippen molar-refractivity contribution < 1.29 is 4.74 Å². The van der Waals surface area contributed by atoms with Gasteiger partial charge in [0.25, 0.3) is 0 Å². The first-order chi connectivity index (χ1) is 13.7. The van der Waals surface area contributed by atoms with Crippen LogP contribution in [-0.2, 0) is 17.0 Å². The Bertz CT molecular complexity index is 1110. The normalized spacial score (nSPS) is 11.4. The number of anilines is 1. The van der Waals surface area contributed by atoms with E-state index in [2.05, 4.69) is 15.2 Å². The average molecular weight is 432 g/mol. The van der Waals surface area contributed by atoms with E-state index in [1.54, 1.807) is 25.1 Å². The molecular formula is C19H18ClN5OS2. The fraction of sp³-hybridized carbons (Fsp3) is 0.211. The fourth-order valence-corrected chi connectivity index (χ4v) is 5.13. The summed E-state index contributed by atoms with van der Waals surface area (Å²) < 4.78 is 7.33. The van der Waals surface area contributed by atoms with Crippen LogP contribution in [0.4, 0.5) is 5.69 Å². The molecule has 0 amide bonds. The SMILES string of the molecule is COCCn1c(SCc2ccccc2Cl)nnc1-c1sc2ncccc2c1N. The number of aromatic nitrogens is 4. The standard InChI is InChI=1S/C19H18ClN5OS2/c1-26-10-9-25-17(16-15(21)13-6-4-8-22-18(13)28-16)23-24-19(25)27-11-12-5-2-3-7-14(12)20/h2-8H,9-11,21H2,1H3. The number of nitrogens with two attached hydrogens (primary N) is 1. The molecule has 0 radical (unpaired) electrons. The van der Waals surface area contributed by atoms with Crippen molar-refractivity contribution in [2.24, 2.45) is 0 Å². The minimum Gasteiger partial charge on any atom is -0.397 e. The highest BCUT2D eigenvalue weighted by Crippen LogP contribution is 2.40. The van der Waals surface area contributed by atoms with Crippen molar-refractivity contribution in [2.75, 3.05) is 19.5 Å². The number of hydrogen-bond donors (Lipinski definition) is 1. The van der Waals surface area contributed by atoms with Crippen LogP contribution in [0.1, 0.15) is 5.56 Å². The van der Waals surface area contributed by atoms with E-state index in [0.29, 0.717) is 24.6 Å². The second-order valence-electron chi connectivity index (χ2n) is 6.03.